The second-order valence-electron chi connectivity index (χ2n) is 11.7. The number of nitrogens with zero attached hydrogens (tertiary/aromatic N) is 6. The fourth-order valence-corrected chi connectivity index (χ4v) is 6.16. The lowest BCUT2D eigenvalue weighted by atomic mass is 9.96. The number of carbonyl (C=O) groups is 2. The van der Waals surface area contributed by atoms with E-state index in [2.05, 4.69) is 14.5 Å². The Morgan fingerprint density at radius 1 is 0.854 bits per heavy atom. The highest BCUT2D eigenvalue weighted by molar-refractivity contribution is 5.90. The Kier molecular flexibility index (Phi) is 8.52. The normalized spacial score (nSPS) is 16.2. The van der Waals surface area contributed by atoms with Crippen LogP contribution in [0.2, 0.25) is 0 Å². The van der Waals surface area contributed by atoms with Crippen LogP contribution in [0.15, 0.2) is 72.9 Å². The molecule has 10 nitrogen and oxygen atoms in total. The van der Waals surface area contributed by atoms with Crippen LogP contribution >= 0.6 is 0 Å². The molecule has 2 saturated heterocycles. The molecule has 13 heteroatoms. The zero-order valence-electron chi connectivity index (χ0n) is 25.8. The number of anilines is 2. The van der Waals surface area contributed by atoms with Gasteiger partial charge in [0.1, 0.15) is 5.69 Å². The molecule has 0 amide bonds. The minimum Gasteiger partial charge on any atom is -0.386 e. The number of alkyl halides is 3. The number of hydrogen-bond acceptors (Lipinski definition) is 9. The summed E-state index contributed by atoms with van der Waals surface area (Å²) in [6.45, 7) is 3.60. The monoisotopic (exact) mass is 656 g/mol. The molecule has 2 aromatic carbocycles. The van der Waals surface area contributed by atoms with Gasteiger partial charge in [-0.05, 0) is 55.3 Å². The smallest absolute Gasteiger partial charge is 0.386 e. The number of fused-ring (bicyclic) bond motifs is 2. The van der Waals surface area contributed by atoms with Crippen LogP contribution in [0.5, 0.6) is 0 Å². The van der Waals surface area contributed by atoms with Crippen molar-refractivity contribution >= 4 is 52.0 Å². The quantitative estimate of drug-likeness (QED) is 0.166. The Morgan fingerprint density at radius 2 is 1.60 bits per heavy atom. The third-order valence-corrected chi connectivity index (χ3v) is 8.67. The molecule has 5 aromatic rings. The predicted molar refractivity (Wildman–Crippen MR) is 174 cm³/mol. The first kappa shape index (κ1) is 31.3. The third-order valence-electron chi connectivity index (χ3n) is 8.67. The molecule has 0 radical (unpaired) electrons. The minimum absolute atomic E-state index is 0.269. The first-order chi connectivity index (χ1) is 23.2. The number of ether oxygens (including phenoxy) is 2. The highest BCUT2D eigenvalue weighted by Gasteiger charge is 2.43. The lowest BCUT2D eigenvalue weighted by Crippen LogP contribution is -2.38. The molecule has 0 unspecified atom stereocenters. The molecular weight excluding hydrogens is 625 g/mol. The first-order valence-corrected chi connectivity index (χ1v) is 15.7. The first-order valence-electron chi connectivity index (χ1n) is 15.7. The van der Waals surface area contributed by atoms with E-state index < -0.39 is 24.0 Å². The Hall–Kier alpha value is -5.30. The largest absolute Gasteiger partial charge is 0.491 e. The number of benzene rings is 2. The molecule has 0 N–H and O–H groups in total. The Labute approximate surface area is 273 Å². The summed E-state index contributed by atoms with van der Waals surface area (Å²) >= 11 is 0. The number of esters is 2. The zero-order valence-corrected chi connectivity index (χ0v) is 25.8. The predicted octanol–water partition coefficient (Wildman–Crippen LogP) is 5.80. The van der Waals surface area contributed by atoms with E-state index in [-0.39, 0.29) is 12.8 Å². The van der Waals surface area contributed by atoms with E-state index in [4.69, 9.17) is 19.8 Å². The number of pyridine rings is 1. The number of halogens is 3. The van der Waals surface area contributed by atoms with E-state index in [9.17, 15) is 22.8 Å². The molecule has 0 spiro atoms. The number of imidazole rings is 1. The van der Waals surface area contributed by atoms with Gasteiger partial charge in [-0.2, -0.15) is 18.3 Å². The summed E-state index contributed by atoms with van der Waals surface area (Å²) in [6, 6.07) is 21.8. The van der Waals surface area contributed by atoms with Gasteiger partial charge in [0.25, 0.3) is 0 Å². The molecule has 246 valence electrons. The SMILES string of the molecule is O=C(OC(=O)C(F)(F)F)C1CCN(c2ccc(-c3c(/C=C/c4ccc5ccccc5n4)nc4c(N5CCOCC5)ccnn34)cc2)CC1. The lowest BCUT2D eigenvalue weighted by molar-refractivity contribution is -0.203. The van der Waals surface area contributed by atoms with Gasteiger partial charge in [-0.3, -0.25) is 4.79 Å². The summed E-state index contributed by atoms with van der Waals surface area (Å²) < 4.78 is 49.1. The van der Waals surface area contributed by atoms with E-state index in [0.29, 0.717) is 26.3 Å². The maximum Gasteiger partial charge on any atom is 0.491 e. The van der Waals surface area contributed by atoms with Crippen molar-refractivity contribution in [3.63, 3.8) is 0 Å². The molecule has 0 atom stereocenters. The number of rotatable bonds is 6. The highest BCUT2D eigenvalue weighted by atomic mass is 19.4. The molecule has 2 aliphatic heterocycles. The Bertz CT molecular complexity index is 2000. The molecule has 2 fully saturated rings. The molecule has 48 heavy (non-hydrogen) atoms. The van der Waals surface area contributed by atoms with Crippen LogP contribution < -0.4 is 9.80 Å². The van der Waals surface area contributed by atoms with E-state index in [1.165, 1.54) is 0 Å². The second kappa shape index (κ2) is 13.1. The standard InChI is InChI=1S/C35H31F3N6O4/c36-35(37,38)34(46)48-33(45)25-14-17-42(18-15-25)27-10-6-24(7-11-27)31-29(12-9-26-8-5-23-3-1-2-4-28(23)40-26)41-32-30(13-16-39-44(31)32)43-19-21-47-22-20-43/h1-13,16,25H,14-15,17-22H2/b12-9+. The number of para-hydroxylation sites is 1. The van der Waals surface area contributed by atoms with Gasteiger partial charge >= 0.3 is 18.1 Å². The van der Waals surface area contributed by atoms with E-state index in [1.807, 2.05) is 83.4 Å². The fourth-order valence-electron chi connectivity index (χ4n) is 6.16. The second-order valence-corrected chi connectivity index (χ2v) is 11.7. The van der Waals surface area contributed by atoms with Crippen LogP contribution in [0.25, 0.3) is 40.0 Å². The van der Waals surface area contributed by atoms with Crippen LogP contribution in [0.4, 0.5) is 24.5 Å². The van der Waals surface area contributed by atoms with Crippen LogP contribution in [-0.2, 0) is 19.1 Å². The average Bonchev–Trinajstić information content (AvgIpc) is 3.49. The van der Waals surface area contributed by atoms with Gasteiger partial charge < -0.3 is 19.3 Å². The van der Waals surface area contributed by atoms with Gasteiger partial charge in [-0.25, -0.2) is 19.3 Å². The van der Waals surface area contributed by atoms with Crippen LogP contribution in [-0.4, -0.2) is 77.1 Å². The van der Waals surface area contributed by atoms with Crippen molar-refractivity contribution in [1.29, 1.82) is 0 Å². The van der Waals surface area contributed by atoms with Gasteiger partial charge in [0.05, 0.1) is 47.9 Å². The number of aromatic nitrogens is 4. The zero-order chi connectivity index (χ0) is 33.3. The minimum atomic E-state index is -5.21. The fraction of sp³-hybridized carbons (Fsp3) is 0.286. The summed E-state index contributed by atoms with van der Waals surface area (Å²) in [5, 5.41) is 5.76. The topological polar surface area (TPSA) is 102 Å². The van der Waals surface area contributed by atoms with Gasteiger partial charge in [0.2, 0.25) is 0 Å². The van der Waals surface area contributed by atoms with Gasteiger partial charge in [0, 0.05) is 42.8 Å². The maximum absolute atomic E-state index is 12.5. The highest BCUT2D eigenvalue weighted by Crippen LogP contribution is 2.33. The molecule has 0 saturated carbocycles. The van der Waals surface area contributed by atoms with Gasteiger partial charge in [-0.15, -0.1) is 0 Å². The van der Waals surface area contributed by atoms with Crippen molar-refractivity contribution < 1.29 is 32.2 Å². The summed E-state index contributed by atoms with van der Waals surface area (Å²) in [5.41, 5.74) is 6.69. The van der Waals surface area contributed by atoms with Crippen molar-refractivity contribution in [2.45, 2.75) is 19.0 Å². The molecule has 7 rings (SSSR count). The van der Waals surface area contributed by atoms with E-state index >= 15 is 0 Å². The Balaban J connectivity index is 1.16. The molecular formula is C35H31F3N6O4. The molecule has 0 bridgehead atoms. The number of piperidine rings is 1. The molecule has 5 heterocycles. The van der Waals surface area contributed by atoms with Crippen molar-refractivity contribution in [2.24, 2.45) is 5.92 Å². The molecule has 2 aliphatic rings. The third kappa shape index (κ3) is 6.45. The van der Waals surface area contributed by atoms with E-state index in [0.717, 1.165) is 63.7 Å². The van der Waals surface area contributed by atoms with Crippen LogP contribution in [0, 0.1) is 5.92 Å². The van der Waals surface area contributed by atoms with Gasteiger partial charge in [-0.1, -0.05) is 36.4 Å². The summed E-state index contributed by atoms with van der Waals surface area (Å²) in [4.78, 5) is 37.4. The summed E-state index contributed by atoms with van der Waals surface area (Å²) in [6.07, 6.45) is 0.994. The van der Waals surface area contributed by atoms with Crippen molar-refractivity contribution in [2.75, 3.05) is 49.2 Å². The number of hydrogen-bond donors (Lipinski definition) is 0. The average molecular weight is 657 g/mol. The Morgan fingerprint density at radius 3 is 2.35 bits per heavy atom. The maximum atomic E-state index is 12.5. The molecule has 3 aromatic heterocycles. The molecule has 0 aliphatic carbocycles. The van der Waals surface area contributed by atoms with E-state index in [1.54, 1.807) is 6.20 Å². The van der Waals surface area contributed by atoms with Crippen LogP contribution in [0.1, 0.15) is 24.2 Å². The number of morpholine rings is 1. The lowest BCUT2D eigenvalue weighted by Gasteiger charge is -2.32. The number of carbonyl (C=O) groups excluding carboxylic acids is 2. The summed E-state index contributed by atoms with van der Waals surface area (Å²) in [7, 11) is 0. The van der Waals surface area contributed by atoms with Crippen molar-refractivity contribution in [1.82, 2.24) is 19.6 Å². The summed E-state index contributed by atoms with van der Waals surface area (Å²) in [5.74, 6) is -4.39. The van der Waals surface area contributed by atoms with Crippen molar-refractivity contribution in [3.8, 4) is 11.3 Å². The van der Waals surface area contributed by atoms with Gasteiger partial charge in [0.15, 0.2) is 5.65 Å². The van der Waals surface area contributed by atoms with Crippen molar-refractivity contribution in [3.05, 3.63) is 84.3 Å². The van der Waals surface area contributed by atoms with Crippen LogP contribution in [0.3, 0.4) is 0 Å².